The smallest absolute Gasteiger partial charge is 0.298 e. The Morgan fingerprint density at radius 3 is 2.55 bits per heavy atom. The zero-order valence-electron chi connectivity index (χ0n) is 17.1. The number of hydrogen-bond acceptors (Lipinski definition) is 5. The molecule has 164 valence electrons. The molecule has 0 saturated heterocycles. The van der Waals surface area contributed by atoms with E-state index in [2.05, 4.69) is 0 Å². The van der Waals surface area contributed by atoms with E-state index in [4.69, 9.17) is 21.7 Å². The highest BCUT2D eigenvalue weighted by Gasteiger charge is 2.35. The van der Waals surface area contributed by atoms with E-state index in [0.29, 0.717) is 28.4 Å². The van der Waals surface area contributed by atoms with Crippen LogP contribution in [-0.4, -0.2) is 38.5 Å². The minimum Gasteiger partial charge on any atom is -0.300 e. The minimum absolute atomic E-state index is 0.125. The van der Waals surface area contributed by atoms with Gasteiger partial charge in [0.15, 0.2) is 0 Å². The van der Waals surface area contributed by atoms with E-state index in [1.165, 1.54) is 4.90 Å². The number of nitrogens with two attached hydrogens (primary N) is 1. The lowest BCUT2D eigenvalue weighted by Gasteiger charge is -2.26. The topological polar surface area (TPSA) is 122 Å². The van der Waals surface area contributed by atoms with Gasteiger partial charge in [0.1, 0.15) is 12.6 Å². The molecule has 0 radical (unpaired) electrons. The van der Waals surface area contributed by atoms with Gasteiger partial charge in [-0.15, -0.1) is 0 Å². The van der Waals surface area contributed by atoms with Gasteiger partial charge in [0.25, 0.3) is 22.0 Å². The van der Waals surface area contributed by atoms with Crippen molar-refractivity contribution in [2.75, 3.05) is 11.4 Å². The molecule has 2 aromatic rings. The third kappa shape index (κ3) is 5.30. The van der Waals surface area contributed by atoms with Crippen molar-refractivity contribution in [3.05, 3.63) is 64.7 Å². The average molecular weight is 463 g/mol. The molecular formula is C21H23ClN4O4S. The van der Waals surface area contributed by atoms with Gasteiger partial charge in [-0.1, -0.05) is 62.2 Å². The standard InChI is InChI=1S/C21H23ClN4O4S/c1-3-13(2)19-21(28)26(12-18(27)25-31(23,29)30)17-10-9-15(22)11-16(17)20(24-19)14-7-5-4-6-8-14/h4-11,13,19H,3,12H2,1-2H3,(H,25,27)(H2,23,29,30)/t13-,19?/m0/s1. The summed E-state index contributed by atoms with van der Waals surface area (Å²) < 4.78 is 24.3. The summed E-state index contributed by atoms with van der Waals surface area (Å²) in [6.07, 6.45) is 0.677. The van der Waals surface area contributed by atoms with Crippen LogP contribution < -0.4 is 14.8 Å². The maximum atomic E-state index is 13.5. The van der Waals surface area contributed by atoms with Crippen LogP contribution in [0.3, 0.4) is 0 Å². The first-order valence-electron chi connectivity index (χ1n) is 9.68. The summed E-state index contributed by atoms with van der Waals surface area (Å²) in [6, 6.07) is 13.5. The minimum atomic E-state index is -4.26. The number of carbonyl (C=O) groups is 2. The second kappa shape index (κ2) is 9.17. The first-order valence-corrected chi connectivity index (χ1v) is 11.6. The van der Waals surface area contributed by atoms with Crippen LogP contribution in [0.2, 0.25) is 5.02 Å². The van der Waals surface area contributed by atoms with E-state index in [1.807, 2.05) is 44.2 Å². The van der Waals surface area contributed by atoms with Crippen LogP contribution in [0.1, 0.15) is 31.4 Å². The fourth-order valence-corrected chi connectivity index (χ4v) is 3.95. The summed E-state index contributed by atoms with van der Waals surface area (Å²) in [5.41, 5.74) is 2.35. The van der Waals surface area contributed by atoms with Gasteiger partial charge in [0.2, 0.25) is 0 Å². The number of benzodiazepines with no additional fused rings is 1. The van der Waals surface area contributed by atoms with Gasteiger partial charge in [-0.2, -0.15) is 8.42 Å². The highest BCUT2D eigenvalue weighted by atomic mass is 35.5. The molecule has 1 heterocycles. The molecule has 0 bridgehead atoms. The van der Waals surface area contributed by atoms with E-state index >= 15 is 0 Å². The van der Waals surface area contributed by atoms with Crippen LogP contribution in [0, 0.1) is 5.92 Å². The lowest BCUT2D eigenvalue weighted by Crippen LogP contribution is -2.48. The molecule has 3 rings (SSSR count). The van der Waals surface area contributed by atoms with Crippen molar-refractivity contribution in [1.82, 2.24) is 4.72 Å². The Hall–Kier alpha value is -2.75. The molecule has 1 aliphatic heterocycles. The second-order valence-corrected chi connectivity index (χ2v) is 9.06. The van der Waals surface area contributed by atoms with Crippen LogP contribution in [0.25, 0.3) is 0 Å². The molecule has 10 heteroatoms. The van der Waals surface area contributed by atoms with Crippen LogP contribution >= 0.6 is 11.6 Å². The number of nitrogens with zero attached hydrogens (tertiary/aromatic N) is 2. The van der Waals surface area contributed by atoms with Crippen LogP contribution in [0.5, 0.6) is 0 Å². The Labute approximate surface area is 186 Å². The zero-order valence-corrected chi connectivity index (χ0v) is 18.7. The predicted octanol–water partition coefficient (Wildman–Crippen LogP) is 2.26. The zero-order chi connectivity index (χ0) is 22.8. The van der Waals surface area contributed by atoms with Crippen molar-refractivity contribution in [2.45, 2.75) is 26.3 Å². The van der Waals surface area contributed by atoms with E-state index in [-0.39, 0.29) is 5.92 Å². The second-order valence-electron chi connectivity index (χ2n) is 7.33. The van der Waals surface area contributed by atoms with Gasteiger partial charge >= 0.3 is 0 Å². The molecule has 2 amide bonds. The van der Waals surface area contributed by atoms with Gasteiger partial charge in [0.05, 0.1) is 11.4 Å². The molecule has 2 atom stereocenters. The van der Waals surface area contributed by atoms with Gasteiger partial charge in [-0.3, -0.25) is 14.6 Å². The van der Waals surface area contributed by atoms with Crippen molar-refractivity contribution >= 4 is 45.0 Å². The predicted molar refractivity (Wildman–Crippen MR) is 120 cm³/mol. The molecule has 1 unspecified atom stereocenters. The number of hydrogen-bond donors (Lipinski definition) is 2. The Bertz CT molecular complexity index is 1140. The highest BCUT2D eigenvalue weighted by molar-refractivity contribution is 7.87. The van der Waals surface area contributed by atoms with Crippen LogP contribution in [0.4, 0.5) is 5.69 Å². The quantitative estimate of drug-likeness (QED) is 0.683. The fourth-order valence-electron chi connectivity index (χ4n) is 3.39. The number of anilines is 1. The molecule has 1 aliphatic rings. The van der Waals surface area contributed by atoms with Gasteiger partial charge in [0, 0.05) is 16.1 Å². The summed E-state index contributed by atoms with van der Waals surface area (Å²) in [7, 11) is -4.26. The number of benzene rings is 2. The van der Waals surface area contributed by atoms with Gasteiger partial charge < -0.3 is 4.90 Å². The van der Waals surface area contributed by atoms with Crippen molar-refractivity contribution in [3.8, 4) is 0 Å². The summed E-state index contributed by atoms with van der Waals surface area (Å²) in [5, 5.41) is 5.35. The molecule has 31 heavy (non-hydrogen) atoms. The largest absolute Gasteiger partial charge is 0.300 e. The number of aliphatic imine (C=N–C) groups is 1. The molecule has 0 aliphatic carbocycles. The molecule has 0 saturated carbocycles. The number of carbonyl (C=O) groups excluding carboxylic acids is 2. The summed E-state index contributed by atoms with van der Waals surface area (Å²) in [4.78, 5) is 31.9. The van der Waals surface area contributed by atoms with E-state index in [9.17, 15) is 18.0 Å². The van der Waals surface area contributed by atoms with Crippen molar-refractivity contribution < 1.29 is 18.0 Å². The fraction of sp³-hybridized carbons (Fsp3) is 0.286. The molecule has 0 spiro atoms. The SMILES string of the molecule is CC[C@H](C)C1N=C(c2ccccc2)c2cc(Cl)ccc2N(CC(=O)NS(N)(=O)=O)C1=O. The highest BCUT2D eigenvalue weighted by Crippen LogP contribution is 2.32. The number of halogens is 1. The lowest BCUT2D eigenvalue weighted by atomic mass is 9.98. The summed E-state index contributed by atoms with van der Waals surface area (Å²) in [5.74, 6) is -1.46. The Morgan fingerprint density at radius 2 is 1.94 bits per heavy atom. The van der Waals surface area contributed by atoms with Crippen LogP contribution in [-0.2, 0) is 19.8 Å². The molecule has 0 fully saturated rings. The van der Waals surface area contributed by atoms with Gasteiger partial charge in [-0.05, 0) is 24.1 Å². The Balaban J connectivity index is 2.19. The number of nitrogens with one attached hydrogen (secondary N) is 1. The van der Waals surface area contributed by atoms with Crippen molar-refractivity contribution in [1.29, 1.82) is 0 Å². The van der Waals surface area contributed by atoms with E-state index in [0.717, 1.165) is 5.56 Å². The average Bonchev–Trinajstić information content (AvgIpc) is 2.82. The van der Waals surface area contributed by atoms with E-state index < -0.39 is 34.6 Å². The first kappa shape index (κ1) is 22.9. The molecular weight excluding hydrogens is 440 g/mol. The Kier molecular flexibility index (Phi) is 6.78. The normalized spacial score (nSPS) is 17.4. The number of amides is 2. The van der Waals surface area contributed by atoms with Crippen molar-refractivity contribution in [3.63, 3.8) is 0 Å². The first-order chi connectivity index (χ1) is 14.6. The van der Waals surface area contributed by atoms with Gasteiger partial charge in [-0.25, -0.2) is 9.86 Å². The number of rotatable bonds is 6. The summed E-state index contributed by atoms with van der Waals surface area (Å²) in [6.45, 7) is 3.32. The maximum Gasteiger partial charge on any atom is 0.298 e. The van der Waals surface area contributed by atoms with E-state index in [1.54, 1.807) is 22.9 Å². The monoisotopic (exact) mass is 462 g/mol. The summed E-state index contributed by atoms with van der Waals surface area (Å²) >= 11 is 6.25. The van der Waals surface area contributed by atoms with Crippen molar-refractivity contribution in [2.24, 2.45) is 16.0 Å². The number of fused-ring (bicyclic) bond motifs is 1. The molecule has 0 aromatic heterocycles. The third-order valence-corrected chi connectivity index (χ3v) is 5.83. The lowest BCUT2D eigenvalue weighted by molar-refractivity contribution is -0.124. The Morgan fingerprint density at radius 1 is 1.26 bits per heavy atom. The molecule has 8 nitrogen and oxygen atoms in total. The molecule has 2 aromatic carbocycles. The van der Waals surface area contributed by atoms with Crippen LogP contribution in [0.15, 0.2) is 53.5 Å². The maximum absolute atomic E-state index is 13.5. The third-order valence-electron chi connectivity index (χ3n) is 5.08. The molecule has 3 N–H and O–H groups in total.